The van der Waals surface area contributed by atoms with E-state index in [1.807, 2.05) is 0 Å². The largest absolute Gasteiger partial charge is 1.00 e. The first-order chi connectivity index (χ1) is 12.3. The van der Waals surface area contributed by atoms with Crippen molar-refractivity contribution in [1.82, 2.24) is 0 Å². The summed E-state index contributed by atoms with van der Waals surface area (Å²) in [7, 11) is -2.14. The van der Waals surface area contributed by atoms with E-state index in [1.54, 1.807) is 19.8 Å². The molecule has 154 valence electrons. The Balaban J connectivity index is 0.00000261. The molecular formula is C24H29Cl3SiTi. The number of hydrogen-bond donors (Lipinski definition) is 0. The molecule has 0 spiro atoms. The van der Waals surface area contributed by atoms with Crippen molar-refractivity contribution in [1.29, 1.82) is 0 Å². The molecule has 0 N–H and O–H groups in total. The first-order valence-electron chi connectivity index (χ1n) is 9.51. The molecule has 0 aliphatic heterocycles. The normalized spacial score (nSPS) is 18.9. The molecule has 0 saturated carbocycles. The van der Waals surface area contributed by atoms with E-state index in [0.29, 0.717) is 5.54 Å². The molecule has 0 nitrogen and oxygen atoms in total. The predicted octanol–water partition coefficient (Wildman–Crippen LogP) is -3.40. The van der Waals surface area contributed by atoms with E-state index in [9.17, 15) is 0 Å². The van der Waals surface area contributed by atoms with Crippen molar-refractivity contribution >= 4 is 18.4 Å². The molecule has 0 fully saturated rings. The molecule has 0 radical (unpaired) electrons. The Kier molecular flexibility index (Phi) is 10.7. The molecule has 0 aromatic heterocycles. The van der Waals surface area contributed by atoms with Gasteiger partial charge in [0.2, 0.25) is 0 Å². The van der Waals surface area contributed by atoms with Gasteiger partial charge in [0.1, 0.15) is 0 Å². The number of allylic oxidation sites excluding steroid dienone is 4. The summed E-state index contributed by atoms with van der Waals surface area (Å²) in [5.74, 6) is 0. The summed E-state index contributed by atoms with van der Waals surface area (Å²) in [6.45, 7) is 14.4. The summed E-state index contributed by atoms with van der Waals surface area (Å²) in [6.07, 6.45) is 0. The first-order valence-corrected chi connectivity index (χ1v) is 12.4. The first kappa shape index (κ1) is 28.7. The predicted molar refractivity (Wildman–Crippen MR) is 112 cm³/mol. The van der Waals surface area contributed by atoms with Gasteiger partial charge in [-0.25, -0.2) is 0 Å². The van der Waals surface area contributed by atoms with Gasteiger partial charge < -0.3 is 37.2 Å². The van der Waals surface area contributed by atoms with Gasteiger partial charge in [0, 0.05) is 0 Å². The van der Waals surface area contributed by atoms with Gasteiger partial charge in [0.25, 0.3) is 0 Å². The van der Waals surface area contributed by atoms with Crippen LogP contribution in [0.1, 0.15) is 41.5 Å². The molecule has 3 rings (SSSR count). The average Bonchev–Trinajstić information content (AvgIpc) is 2.80. The van der Waals surface area contributed by atoms with Gasteiger partial charge in [0.05, 0.1) is 0 Å². The van der Waals surface area contributed by atoms with Gasteiger partial charge in [-0.05, 0) is 0 Å². The van der Waals surface area contributed by atoms with E-state index in [-0.39, 0.29) is 42.3 Å². The van der Waals surface area contributed by atoms with Crippen LogP contribution in [0.25, 0.3) is 0 Å². The monoisotopic (exact) mass is 498 g/mol. The Morgan fingerprint density at radius 2 is 1.10 bits per heavy atom. The Bertz CT molecular complexity index is 810. The van der Waals surface area contributed by atoms with Crippen molar-refractivity contribution in [2.24, 2.45) is 0 Å². The summed E-state index contributed by atoms with van der Waals surface area (Å²) in [5, 5.41) is 3.19. The molecule has 1 aliphatic carbocycles. The Morgan fingerprint density at radius 1 is 0.724 bits per heavy atom. The minimum Gasteiger partial charge on any atom is -1.00 e. The van der Waals surface area contributed by atoms with Crippen molar-refractivity contribution in [2.45, 2.75) is 52.1 Å². The van der Waals surface area contributed by atoms with Gasteiger partial charge >= 0.3 is 172 Å². The van der Waals surface area contributed by atoms with Crippen LogP contribution in [-0.2, 0) is 20.4 Å². The fourth-order valence-electron chi connectivity index (χ4n) is 5.29. The van der Waals surface area contributed by atoms with Gasteiger partial charge in [-0.2, -0.15) is 0 Å². The molecule has 0 amide bonds. The SMILES string of the molecule is CC1=C(C)C(C)([Si](c2ccccc2)(c2ccccc2)C(C)C)[C]([Ti+3])=C1C.[Cl-].[Cl-].[Cl-]. The molecular weight excluding hydrogens is 471 g/mol. The molecule has 1 unspecified atom stereocenters. The van der Waals surface area contributed by atoms with Crippen LogP contribution < -0.4 is 47.6 Å². The molecule has 29 heavy (non-hydrogen) atoms. The second-order valence-corrected chi connectivity index (χ2v) is 13.8. The van der Waals surface area contributed by atoms with Crippen LogP contribution >= 0.6 is 0 Å². The van der Waals surface area contributed by atoms with E-state index in [0.717, 1.165) is 0 Å². The summed E-state index contributed by atoms with van der Waals surface area (Å²) in [5.41, 5.74) is 5.14. The van der Waals surface area contributed by atoms with E-state index in [4.69, 9.17) is 0 Å². The Morgan fingerprint density at radius 3 is 1.38 bits per heavy atom. The van der Waals surface area contributed by atoms with Gasteiger partial charge in [-0.1, -0.05) is 0 Å². The molecule has 1 aliphatic rings. The molecule has 5 heteroatoms. The standard InChI is InChI=1S/C24H29Si.3ClH.Ti/c1-18(2)25(22-13-9-7-10-14-22,23-15-11-8-12-16-23)24(6)17-19(3)20(4)21(24)5;;;;/h7-16,18H,1-6H3;3*1H;/q;;;;+3/p-3. The van der Waals surface area contributed by atoms with E-state index in [2.05, 4.69) is 123 Å². The van der Waals surface area contributed by atoms with Crippen LogP contribution in [0.15, 0.2) is 81.3 Å². The fraction of sp³-hybridized carbons (Fsp3) is 0.333. The second-order valence-electron chi connectivity index (χ2n) is 8.07. The summed E-state index contributed by atoms with van der Waals surface area (Å²) >= 11 is 2.38. The molecule has 0 saturated heterocycles. The van der Waals surface area contributed by atoms with Crippen LogP contribution in [0.5, 0.6) is 0 Å². The minimum absolute atomic E-state index is 0. The van der Waals surface area contributed by atoms with Crippen molar-refractivity contribution in [3.8, 4) is 0 Å². The fourth-order valence-corrected chi connectivity index (χ4v) is 13.6. The van der Waals surface area contributed by atoms with E-state index in [1.165, 1.54) is 11.1 Å². The summed E-state index contributed by atoms with van der Waals surface area (Å²) in [6, 6.07) is 22.7. The summed E-state index contributed by atoms with van der Waals surface area (Å²) < 4.78 is 1.57. The van der Waals surface area contributed by atoms with Gasteiger partial charge in [0.15, 0.2) is 0 Å². The zero-order valence-corrected chi connectivity index (χ0v) is 22.8. The van der Waals surface area contributed by atoms with Crippen LogP contribution in [0.3, 0.4) is 0 Å². The van der Waals surface area contributed by atoms with Gasteiger partial charge in [-0.15, -0.1) is 0 Å². The zero-order chi connectivity index (χ0) is 19.1. The Labute approximate surface area is 208 Å². The van der Waals surface area contributed by atoms with Crippen molar-refractivity contribution in [3.63, 3.8) is 0 Å². The topological polar surface area (TPSA) is 0 Å². The zero-order valence-electron chi connectivity index (χ0n) is 18.0. The minimum atomic E-state index is -2.14. The number of benzene rings is 2. The number of rotatable bonds is 4. The molecule has 0 bridgehead atoms. The second kappa shape index (κ2) is 10.8. The van der Waals surface area contributed by atoms with Crippen LogP contribution in [-0.4, -0.2) is 8.07 Å². The number of halogens is 3. The van der Waals surface area contributed by atoms with Crippen molar-refractivity contribution < 1.29 is 57.7 Å². The van der Waals surface area contributed by atoms with Gasteiger partial charge in [-0.3, -0.25) is 0 Å². The summed E-state index contributed by atoms with van der Waals surface area (Å²) in [4.78, 5) is 0. The maximum Gasteiger partial charge on any atom is -1.00 e. The maximum atomic E-state index is 2.53. The van der Waals surface area contributed by atoms with Crippen LogP contribution in [0.4, 0.5) is 0 Å². The van der Waals surface area contributed by atoms with E-state index < -0.39 is 8.07 Å². The molecule has 1 atom stereocenters. The molecule has 0 heterocycles. The third-order valence-electron chi connectivity index (χ3n) is 6.86. The smallest absolute Gasteiger partial charge is 1.00 e. The Hall–Kier alpha value is -0.279. The maximum absolute atomic E-state index is 2.53. The average molecular weight is 500 g/mol. The van der Waals surface area contributed by atoms with Crippen LogP contribution in [0.2, 0.25) is 10.6 Å². The quantitative estimate of drug-likeness (QED) is 0.385. The van der Waals surface area contributed by atoms with Crippen molar-refractivity contribution in [3.05, 3.63) is 81.3 Å². The molecule has 2 aromatic rings. The van der Waals surface area contributed by atoms with Crippen LogP contribution in [0, 0.1) is 0 Å². The van der Waals surface area contributed by atoms with Crippen molar-refractivity contribution in [2.75, 3.05) is 0 Å². The number of hydrogen-bond acceptors (Lipinski definition) is 0. The molecule has 2 aromatic carbocycles. The third kappa shape index (κ3) is 4.12. The third-order valence-corrected chi connectivity index (χ3v) is 15.0. The van der Waals surface area contributed by atoms with E-state index >= 15 is 0 Å².